The Morgan fingerprint density at radius 1 is 0.896 bits per heavy atom. The maximum atomic E-state index is 16.9. The van der Waals surface area contributed by atoms with Gasteiger partial charge in [-0.15, -0.1) is 0 Å². The molecule has 378 valence electrons. The topological polar surface area (TPSA) is 257 Å². The first kappa shape index (κ1) is 54.1. The van der Waals surface area contributed by atoms with Crippen molar-refractivity contribution in [3.63, 3.8) is 0 Å². The van der Waals surface area contributed by atoms with E-state index in [9.17, 15) is 28.6 Å². The number of aromatic amines is 2. The number of nitrogens with zero attached hydrogens (tertiary/aromatic N) is 5. The van der Waals surface area contributed by atoms with E-state index in [1.165, 1.54) is 107 Å². The number of alkyl halides is 1. The zero-order valence-electron chi connectivity index (χ0n) is 40.0. The summed E-state index contributed by atoms with van der Waals surface area (Å²) in [7, 11) is -3.46. The number of hydrogen-bond acceptors (Lipinski definition) is 14. The van der Waals surface area contributed by atoms with Crippen molar-refractivity contribution < 1.29 is 46.6 Å². The number of hydrogen-bond donors (Lipinski definition) is 4. The fourth-order valence-electron chi connectivity index (χ4n) is 8.93. The molecule has 67 heavy (non-hydrogen) atoms. The highest BCUT2D eigenvalue weighted by Crippen LogP contribution is 2.50. The molecule has 0 spiro atoms. The van der Waals surface area contributed by atoms with Crippen LogP contribution in [0, 0.1) is 5.92 Å². The van der Waals surface area contributed by atoms with Gasteiger partial charge in [-0.2, -0.15) is 4.98 Å². The summed E-state index contributed by atoms with van der Waals surface area (Å²) in [4.78, 5) is 77.5. The lowest BCUT2D eigenvalue weighted by Crippen LogP contribution is -2.45. The number of imidazole rings is 1. The Labute approximate surface area is 391 Å². The number of H-pyrrole nitrogens is 2. The molecule has 2 aliphatic heterocycles. The number of rotatable bonds is 30. The van der Waals surface area contributed by atoms with Gasteiger partial charge in [0.2, 0.25) is 11.9 Å². The van der Waals surface area contributed by atoms with Gasteiger partial charge < -0.3 is 34.5 Å². The molecule has 9 atom stereocenters. The van der Waals surface area contributed by atoms with Gasteiger partial charge in [0.1, 0.15) is 18.3 Å². The molecule has 2 aliphatic rings. The van der Waals surface area contributed by atoms with Gasteiger partial charge in [-0.1, -0.05) is 96.8 Å². The number of unbranched alkanes of at least 4 members (excludes halogenated alkanes) is 14. The third kappa shape index (κ3) is 15.6. The molecular formula is C45H74FN8O12P. The molecule has 0 aliphatic carbocycles. The Hall–Kier alpha value is -3.82. The molecule has 0 bridgehead atoms. The first-order chi connectivity index (χ1) is 32.0. The van der Waals surface area contributed by atoms with Crippen molar-refractivity contribution in [3.05, 3.63) is 49.8 Å². The lowest BCUT2D eigenvalue weighted by atomic mass is 9.93. The number of carbonyl (C=O) groups excluding carboxylic acids is 1. The third-order valence-corrected chi connectivity index (χ3v) is 13.5. The Kier molecular flexibility index (Phi) is 21.2. The minimum Gasteiger partial charge on any atom is -0.376 e. The number of methoxy groups -OCH3 is 1. The summed E-state index contributed by atoms with van der Waals surface area (Å²) in [6.45, 7) is 8.96. The zero-order valence-corrected chi connectivity index (χ0v) is 40.9. The molecule has 5 rings (SSSR count). The first-order valence-electron chi connectivity index (χ1n) is 24.1. The highest BCUT2D eigenvalue weighted by Gasteiger charge is 2.52. The summed E-state index contributed by atoms with van der Waals surface area (Å²) in [5.74, 6) is -1.32. The van der Waals surface area contributed by atoms with Gasteiger partial charge in [-0.25, -0.2) is 18.7 Å². The molecule has 2 fully saturated rings. The van der Waals surface area contributed by atoms with Crippen LogP contribution < -0.4 is 22.5 Å². The van der Waals surface area contributed by atoms with E-state index in [2.05, 4.69) is 26.9 Å². The maximum Gasteiger partial charge on any atom is 0.472 e. The van der Waals surface area contributed by atoms with E-state index >= 15 is 4.39 Å². The molecule has 3 aromatic heterocycles. The number of phosphoric ester groups is 1. The average molecular weight is 969 g/mol. The van der Waals surface area contributed by atoms with Crippen molar-refractivity contribution in [3.8, 4) is 0 Å². The van der Waals surface area contributed by atoms with Crippen LogP contribution in [0.5, 0.6) is 0 Å². The number of anilines is 1. The summed E-state index contributed by atoms with van der Waals surface area (Å²) in [6.07, 6.45) is 9.08. The van der Waals surface area contributed by atoms with Crippen LogP contribution in [0.25, 0.3) is 11.2 Å². The standard InChI is InChI=1S/C45H74FN8O12P/c1-7-8-9-10-11-12-13-14-15-16-17-18-19-20-21-23-52(35(56)25-31-33(27-62-29(2)3)64-43(38(31)61-6)53-24-22-34(55)49-45(53)58)26-32-39(66-67(59,60)65-30(4)5)36(46)42(63-32)54-28-48-37-40(54)50-44(47)51-41(37)57/h22,24,28-33,36,38-39,42-43H,7-21,23,25-27H2,1-6H3,(H,59,60)(H,49,55,58)(H3,47,50,51,57)/t31-,32-,33-,36-,38-,39-,42-,43-/m1/s1. The van der Waals surface area contributed by atoms with Crippen LogP contribution in [0.3, 0.4) is 0 Å². The molecule has 2 saturated heterocycles. The fourth-order valence-corrected chi connectivity index (χ4v) is 10.1. The second kappa shape index (κ2) is 26.2. The second-order valence-electron chi connectivity index (χ2n) is 18.3. The predicted molar refractivity (Wildman–Crippen MR) is 249 cm³/mol. The summed E-state index contributed by atoms with van der Waals surface area (Å²) in [6, 6.07) is 1.19. The Morgan fingerprint density at radius 3 is 2.09 bits per heavy atom. The Bertz CT molecular complexity index is 2220. The quantitative estimate of drug-likeness (QED) is 0.0414. The number of phosphoric acid groups is 1. The van der Waals surface area contributed by atoms with Gasteiger partial charge >= 0.3 is 13.5 Å². The van der Waals surface area contributed by atoms with E-state index in [0.717, 1.165) is 36.6 Å². The minimum absolute atomic E-state index is 0.0534. The fraction of sp³-hybridized carbons (Fsp3) is 0.778. The van der Waals surface area contributed by atoms with Crippen molar-refractivity contribution in [2.45, 2.75) is 193 Å². The molecule has 5 heterocycles. The van der Waals surface area contributed by atoms with Crippen molar-refractivity contribution in [2.24, 2.45) is 5.92 Å². The average Bonchev–Trinajstić information content (AvgIpc) is 3.92. The van der Waals surface area contributed by atoms with Crippen molar-refractivity contribution in [1.29, 1.82) is 0 Å². The molecule has 1 unspecified atom stereocenters. The SMILES string of the molecule is CCCCCCCCCCCCCCCCCN(C[C@H]1O[C@@H](n2cnc3c(=O)[nH]c(N)nc32)[C@H](F)[C@@H]1OP(=O)(O)OC(C)C)C(=O)C[C@H]1[C@@H](OC)[C@H](n2ccc(=O)[nH]c2=O)O[C@@H]1COC(C)C. The van der Waals surface area contributed by atoms with Crippen molar-refractivity contribution in [2.75, 3.05) is 32.5 Å². The molecule has 20 nitrogen and oxygen atoms in total. The number of nitrogens with one attached hydrogen (secondary N) is 2. The van der Waals surface area contributed by atoms with E-state index in [4.69, 9.17) is 33.7 Å². The molecular weight excluding hydrogens is 895 g/mol. The predicted octanol–water partition coefficient (Wildman–Crippen LogP) is 6.44. The zero-order chi connectivity index (χ0) is 48.7. The van der Waals surface area contributed by atoms with Crippen LogP contribution in [0.15, 0.2) is 33.0 Å². The Morgan fingerprint density at radius 2 is 1.51 bits per heavy atom. The number of nitrogen functional groups attached to an aromatic ring is 1. The lowest BCUT2D eigenvalue weighted by Gasteiger charge is -2.31. The molecule has 22 heteroatoms. The van der Waals surface area contributed by atoms with E-state index in [1.54, 1.807) is 0 Å². The van der Waals surface area contributed by atoms with Crippen molar-refractivity contribution in [1.82, 2.24) is 34.0 Å². The van der Waals surface area contributed by atoms with Crippen LogP contribution in [-0.4, -0.2) is 114 Å². The van der Waals surface area contributed by atoms with E-state index in [1.807, 2.05) is 13.8 Å². The van der Waals surface area contributed by atoms with Gasteiger partial charge in [0.25, 0.3) is 11.1 Å². The van der Waals surface area contributed by atoms with Crippen LogP contribution in [0.2, 0.25) is 0 Å². The number of fused-ring (bicyclic) bond motifs is 1. The van der Waals surface area contributed by atoms with Crippen LogP contribution in [-0.2, 0) is 37.4 Å². The van der Waals surface area contributed by atoms with E-state index < -0.39 is 85.6 Å². The number of carbonyl (C=O) groups is 1. The smallest absolute Gasteiger partial charge is 0.376 e. The summed E-state index contributed by atoms with van der Waals surface area (Å²) >= 11 is 0. The monoisotopic (exact) mass is 969 g/mol. The summed E-state index contributed by atoms with van der Waals surface area (Å²) < 4.78 is 67.8. The summed E-state index contributed by atoms with van der Waals surface area (Å²) in [5, 5.41) is 0. The third-order valence-electron chi connectivity index (χ3n) is 12.3. The molecule has 3 aromatic rings. The normalized spacial score (nSPS) is 24.0. The highest BCUT2D eigenvalue weighted by molar-refractivity contribution is 7.47. The van der Waals surface area contributed by atoms with Gasteiger partial charge in [0.15, 0.2) is 29.8 Å². The van der Waals surface area contributed by atoms with Crippen LogP contribution in [0.4, 0.5) is 10.3 Å². The maximum absolute atomic E-state index is 16.9. The number of amides is 1. The van der Waals surface area contributed by atoms with Crippen LogP contribution >= 0.6 is 7.82 Å². The first-order valence-corrected chi connectivity index (χ1v) is 25.6. The molecule has 0 saturated carbocycles. The van der Waals surface area contributed by atoms with E-state index in [0.29, 0.717) is 6.42 Å². The Balaban J connectivity index is 1.36. The minimum atomic E-state index is -4.90. The molecule has 1 amide bonds. The number of nitrogens with two attached hydrogens (primary N) is 1. The summed E-state index contributed by atoms with van der Waals surface area (Å²) in [5.41, 5.74) is 3.61. The molecule has 0 radical (unpaired) electrons. The number of ether oxygens (including phenoxy) is 4. The highest BCUT2D eigenvalue weighted by atomic mass is 31.2. The largest absolute Gasteiger partial charge is 0.472 e. The molecule has 5 N–H and O–H groups in total. The molecule has 0 aromatic carbocycles. The van der Waals surface area contributed by atoms with Crippen molar-refractivity contribution >= 4 is 30.8 Å². The number of halogens is 1. The van der Waals surface area contributed by atoms with Crippen LogP contribution in [0.1, 0.15) is 150 Å². The lowest BCUT2D eigenvalue weighted by molar-refractivity contribution is -0.137. The van der Waals surface area contributed by atoms with Gasteiger partial charge in [0, 0.05) is 44.8 Å². The van der Waals surface area contributed by atoms with Gasteiger partial charge in [-0.05, 0) is 34.1 Å². The second-order valence-corrected chi connectivity index (χ2v) is 19.7. The number of aromatic nitrogens is 6. The van der Waals surface area contributed by atoms with Gasteiger partial charge in [-0.3, -0.25) is 42.5 Å². The van der Waals surface area contributed by atoms with Gasteiger partial charge in [0.05, 0.1) is 31.2 Å². The van der Waals surface area contributed by atoms with E-state index in [-0.39, 0.29) is 49.3 Å².